The molecule has 3 aromatic rings. The lowest BCUT2D eigenvalue weighted by Crippen LogP contribution is -2.23. The minimum Gasteiger partial charge on any atom is -0.367 e. The predicted octanol–water partition coefficient (Wildman–Crippen LogP) is 3.28. The molecule has 0 aliphatic heterocycles. The van der Waals surface area contributed by atoms with Gasteiger partial charge < -0.3 is 10.1 Å². The number of carbonyl (C=O) groups is 1. The third-order valence-electron chi connectivity index (χ3n) is 3.76. The molecule has 3 rings (SSSR count). The Hall–Kier alpha value is -3.20. The third kappa shape index (κ3) is 5.65. The number of carbonyl (C=O) groups excluding carboxylic acids is 1. The minimum absolute atomic E-state index is 0.130. The highest BCUT2D eigenvalue weighted by Gasteiger charge is 2.27. The quantitative estimate of drug-likeness (QED) is 0.672. The number of rotatable bonds is 7. The van der Waals surface area contributed by atoms with Gasteiger partial charge >= 0.3 is 6.18 Å². The highest BCUT2D eigenvalue weighted by molar-refractivity contribution is 5.91. The Balaban J connectivity index is 1.50. The Bertz CT molecular complexity index is 909. The number of alkyl halides is 3. The summed E-state index contributed by atoms with van der Waals surface area (Å²) in [6.45, 7) is -1.16. The van der Waals surface area contributed by atoms with Gasteiger partial charge in [0.25, 0.3) is 5.91 Å². The van der Waals surface area contributed by atoms with Crippen molar-refractivity contribution in [2.45, 2.75) is 19.3 Å². The van der Waals surface area contributed by atoms with Gasteiger partial charge in [-0.2, -0.15) is 13.2 Å². The van der Waals surface area contributed by atoms with Crippen LogP contribution in [0, 0.1) is 0 Å². The van der Waals surface area contributed by atoms with E-state index >= 15 is 0 Å². The van der Waals surface area contributed by atoms with Crippen molar-refractivity contribution in [1.82, 2.24) is 20.3 Å². The first-order chi connectivity index (χ1) is 13.4. The lowest BCUT2D eigenvalue weighted by atomic mass is 10.1. The van der Waals surface area contributed by atoms with Gasteiger partial charge in [-0.3, -0.25) is 4.79 Å². The Morgan fingerprint density at radius 1 is 1.04 bits per heavy atom. The van der Waals surface area contributed by atoms with Crippen LogP contribution in [0.3, 0.4) is 0 Å². The van der Waals surface area contributed by atoms with Crippen molar-refractivity contribution >= 4 is 5.91 Å². The number of hydrogen-bond acceptors (Lipinski definition) is 4. The zero-order valence-corrected chi connectivity index (χ0v) is 14.7. The number of halogens is 3. The monoisotopic (exact) mass is 390 g/mol. The molecule has 0 spiro atoms. The number of benzene rings is 2. The molecule has 0 radical (unpaired) electrons. The molecule has 0 atom stereocenters. The van der Waals surface area contributed by atoms with E-state index in [-0.39, 0.29) is 24.8 Å². The van der Waals surface area contributed by atoms with Gasteiger partial charge in [-0.05, 0) is 23.3 Å². The first-order valence-corrected chi connectivity index (χ1v) is 8.39. The van der Waals surface area contributed by atoms with E-state index < -0.39 is 12.8 Å². The summed E-state index contributed by atoms with van der Waals surface area (Å²) >= 11 is 0. The van der Waals surface area contributed by atoms with Gasteiger partial charge in [0.1, 0.15) is 6.61 Å². The first-order valence-electron chi connectivity index (χ1n) is 8.39. The van der Waals surface area contributed by atoms with Crippen LogP contribution in [0.5, 0.6) is 0 Å². The van der Waals surface area contributed by atoms with Crippen LogP contribution in [0.1, 0.15) is 21.6 Å². The van der Waals surface area contributed by atoms with E-state index in [4.69, 9.17) is 0 Å². The molecule has 28 heavy (non-hydrogen) atoms. The lowest BCUT2D eigenvalue weighted by molar-refractivity contribution is -0.176. The topological polar surface area (TPSA) is 69.0 Å². The number of nitrogens with zero attached hydrogens (tertiary/aromatic N) is 3. The minimum atomic E-state index is -4.34. The van der Waals surface area contributed by atoms with Crippen LogP contribution >= 0.6 is 0 Å². The lowest BCUT2D eigenvalue weighted by Gasteiger charge is -2.08. The van der Waals surface area contributed by atoms with E-state index in [1.165, 1.54) is 10.9 Å². The molecule has 6 nitrogen and oxygen atoms in total. The Kier molecular flexibility index (Phi) is 6.05. The number of amides is 1. The molecular formula is C19H17F3N4O2. The van der Waals surface area contributed by atoms with Gasteiger partial charge in [0.05, 0.1) is 18.5 Å². The first kappa shape index (κ1) is 19.6. The summed E-state index contributed by atoms with van der Waals surface area (Å²) in [5.41, 5.74) is 2.38. The Labute approximate surface area is 158 Å². The van der Waals surface area contributed by atoms with E-state index in [0.29, 0.717) is 5.56 Å². The van der Waals surface area contributed by atoms with Crippen LogP contribution < -0.4 is 5.32 Å². The molecule has 0 aliphatic carbocycles. The zero-order valence-electron chi connectivity index (χ0n) is 14.7. The molecule has 0 unspecified atom stereocenters. The highest BCUT2D eigenvalue weighted by Crippen LogP contribution is 2.16. The number of hydrogen-bond donors (Lipinski definition) is 1. The molecule has 0 aliphatic rings. The fourth-order valence-corrected chi connectivity index (χ4v) is 2.39. The molecule has 1 heterocycles. The molecule has 0 saturated heterocycles. The fourth-order valence-electron chi connectivity index (χ4n) is 2.39. The second kappa shape index (κ2) is 8.66. The molecule has 1 amide bonds. The molecule has 0 fully saturated rings. The number of para-hydroxylation sites is 1. The maximum Gasteiger partial charge on any atom is 0.411 e. The van der Waals surface area contributed by atoms with Gasteiger partial charge in [-0.25, -0.2) is 4.68 Å². The van der Waals surface area contributed by atoms with Gasteiger partial charge in [0, 0.05) is 6.54 Å². The second-order valence-electron chi connectivity index (χ2n) is 5.99. The zero-order chi connectivity index (χ0) is 20.0. The number of nitrogens with one attached hydrogen (secondary N) is 1. The van der Waals surface area contributed by atoms with Crippen LogP contribution in [0.4, 0.5) is 13.2 Å². The van der Waals surface area contributed by atoms with Crippen molar-refractivity contribution in [3.63, 3.8) is 0 Å². The molecule has 9 heteroatoms. The molecule has 1 aromatic heterocycles. The molecular weight excluding hydrogens is 373 g/mol. The molecule has 146 valence electrons. The third-order valence-corrected chi connectivity index (χ3v) is 3.76. The predicted molar refractivity (Wildman–Crippen MR) is 94.7 cm³/mol. The van der Waals surface area contributed by atoms with E-state index in [2.05, 4.69) is 20.4 Å². The van der Waals surface area contributed by atoms with Gasteiger partial charge in [-0.15, -0.1) is 5.10 Å². The molecule has 0 bridgehead atoms. The maximum absolute atomic E-state index is 12.2. The van der Waals surface area contributed by atoms with E-state index in [1.807, 2.05) is 30.3 Å². The Morgan fingerprint density at radius 3 is 2.39 bits per heavy atom. The van der Waals surface area contributed by atoms with E-state index in [9.17, 15) is 18.0 Å². The molecule has 1 N–H and O–H groups in total. The molecule has 0 saturated carbocycles. The number of aromatic nitrogens is 3. The van der Waals surface area contributed by atoms with Crippen LogP contribution in [0.15, 0.2) is 60.8 Å². The van der Waals surface area contributed by atoms with Crippen molar-refractivity contribution in [2.75, 3.05) is 6.61 Å². The van der Waals surface area contributed by atoms with Gasteiger partial charge in [0.15, 0.2) is 5.69 Å². The summed E-state index contributed by atoms with van der Waals surface area (Å²) in [5.74, 6) is -0.375. The van der Waals surface area contributed by atoms with Crippen molar-refractivity contribution in [3.05, 3.63) is 77.6 Å². The molecule has 2 aromatic carbocycles. The van der Waals surface area contributed by atoms with Crippen molar-refractivity contribution in [1.29, 1.82) is 0 Å². The normalized spacial score (nSPS) is 11.4. The average molecular weight is 390 g/mol. The highest BCUT2D eigenvalue weighted by atomic mass is 19.4. The maximum atomic E-state index is 12.2. The van der Waals surface area contributed by atoms with E-state index in [1.54, 1.807) is 24.3 Å². The van der Waals surface area contributed by atoms with Gasteiger partial charge in [-0.1, -0.05) is 47.7 Å². The summed E-state index contributed by atoms with van der Waals surface area (Å²) in [6, 6.07) is 16.0. The van der Waals surface area contributed by atoms with Crippen molar-refractivity contribution < 1.29 is 22.7 Å². The standard InChI is InChI=1S/C19H17F3N4O2/c20-19(21,22)13-28-12-15-8-6-14(7-9-15)10-23-18(27)17-11-26(25-24-17)16-4-2-1-3-5-16/h1-9,11H,10,12-13H2,(H,23,27). The summed E-state index contributed by atoms with van der Waals surface area (Å²) in [5, 5.41) is 10.5. The van der Waals surface area contributed by atoms with Crippen molar-refractivity contribution in [2.24, 2.45) is 0 Å². The van der Waals surface area contributed by atoms with Gasteiger partial charge in [0.2, 0.25) is 0 Å². The second-order valence-corrected chi connectivity index (χ2v) is 5.99. The van der Waals surface area contributed by atoms with Crippen LogP contribution in [-0.4, -0.2) is 33.7 Å². The summed E-state index contributed by atoms with van der Waals surface area (Å²) in [4.78, 5) is 12.2. The summed E-state index contributed by atoms with van der Waals surface area (Å²) in [7, 11) is 0. The van der Waals surface area contributed by atoms with E-state index in [0.717, 1.165) is 11.3 Å². The van der Waals surface area contributed by atoms with Crippen LogP contribution in [-0.2, 0) is 17.9 Å². The van der Waals surface area contributed by atoms with Crippen LogP contribution in [0.25, 0.3) is 5.69 Å². The Morgan fingerprint density at radius 2 is 1.71 bits per heavy atom. The SMILES string of the molecule is O=C(NCc1ccc(COCC(F)(F)F)cc1)c1cn(-c2ccccc2)nn1. The van der Waals surface area contributed by atoms with Crippen molar-refractivity contribution in [3.8, 4) is 5.69 Å². The number of ether oxygens (including phenoxy) is 1. The summed E-state index contributed by atoms with van der Waals surface area (Å²) in [6.07, 6.45) is -2.81. The fraction of sp³-hybridized carbons (Fsp3) is 0.211. The largest absolute Gasteiger partial charge is 0.411 e. The summed E-state index contributed by atoms with van der Waals surface area (Å²) < 4.78 is 42.3. The smallest absolute Gasteiger partial charge is 0.367 e. The average Bonchev–Trinajstić information content (AvgIpc) is 3.17. The van der Waals surface area contributed by atoms with Crippen LogP contribution in [0.2, 0.25) is 0 Å².